The highest BCUT2D eigenvalue weighted by Crippen LogP contribution is 2.26. The van der Waals surface area contributed by atoms with Crippen LogP contribution in [0.5, 0.6) is 0 Å². The van der Waals surface area contributed by atoms with Crippen molar-refractivity contribution in [2.75, 3.05) is 13.1 Å². The van der Waals surface area contributed by atoms with E-state index in [1.54, 1.807) is 18.2 Å². The number of nitrogens with two attached hydrogens (primary N) is 1. The molecule has 0 amide bonds. The predicted molar refractivity (Wildman–Crippen MR) is 62.7 cm³/mol. The zero-order valence-corrected chi connectivity index (χ0v) is 9.83. The molecule has 0 radical (unpaired) electrons. The van der Waals surface area contributed by atoms with E-state index in [-0.39, 0.29) is 4.90 Å². The van der Waals surface area contributed by atoms with Crippen LogP contribution >= 0.6 is 0 Å². The molecule has 0 unspecified atom stereocenters. The lowest BCUT2D eigenvalue weighted by atomic mass is 9.90. The summed E-state index contributed by atoms with van der Waals surface area (Å²) < 4.78 is 22.5. The Morgan fingerprint density at radius 3 is 2.56 bits per heavy atom. The topological polar surface area (TPSA) is 72.2 Å². The smallest absolute Gasteiger partial charge is 0.238 e. The van der Waals surface area contributed by atoms with Crippen molar-refractivity contribution in [1.82, 2.24) is 5.32 Å². The Bertz CT molecular complexity index is 465. The average Bonchev–Trinajstić information content (AvgIpc) is 2.29. The summed E-state index contributed by atoms with van der Waals surface area (Å²) in [4.78, 5) is 0.212. The molecule has 2 rings (SSSR count). The fourth-order valence-electron chi connectivity index (χ4n) is 2.10. The van der Waals surface area contributed by atoms with E-state index in [0.717, 1.165) is 31.5 Å². The van der Waals surface area contributed by atoms with Gasteiger partial charge in [-0.15, -0.1) is 0 Å². The zero-order valence-electron chi connectivity index (χ0n) is 9.02. The first kappa shape index (κ1) is 11.6. The number of rotatable bonds is 2. The van der Waals surface area contributed by atoms with Crippen LogP contribution in [-0.2, 0) is 10.0 Å². The fourth-order valence-corrected chi connectivity index (χ4v) is 2.67. The van der Waals surface area contributed by atoms with Crippen molar-refractivity contribution >= 4 is 10.0 Å². The minimum atomic E-state index is -3.58. The molecule has 1 aromatic rings. The maximum absolute atomic E-state index is 11.2. The second kappa shape index (κ2) is 4.53. The highest BCUT2D eigenvalue weighted by Gasteiger charge is 2.17. The van der Waals surface area contributed by atoms with Crippen molar-refractivity contribution in [2.45, 2.75) is 23.7 Å². The van der Waals surface area contributed by atoms with E-state index in [0.29, 0.717) is 5.92 Å². The molecule has 0 atom stereocenters. The molecule has 0 aliphatic carbocycles. The summed E-state index contributed by atoms with van der Waals surface area (Å²) in [6.45, 7) is 1.98. The number of piperidine rings is 1. The van der Waals surface area contributed by atoms with Gasteiger partial charge in [0.15, 0.2) is 0 Å². The van der Waals surface area contributed by atoms with E-state index >= 15 is 0 Å². The Morgan fingerprint density at radius 1 is 1.25 bits per heavy atom. The quantitative estimate of drug-likeness (QED) is 0.803. The summed E-state index contributed by atoms with van der Waals surface area (Å²) in [5.41, 5.74) is 1.08. The van der Waals surface area contributed by atoms with Gasteiger partial charge in [0.1, 0.15) is 0 Å². The van der Waals surface area contributed by atoms with E-state index in [1.165, 1.54) is 0 Å². The lowest BCUT2D eigenvalue weighted by Gasteiger charge is -2.23. The second-order valence-electron chi connectivity index (χ2n) is 4.14. The van der Waals surface area contributed by atoms with Gasteiger partial charge in [-0.3, -0.25) is 0 Å². The van der Waals surface area contributed by atoms with E-state index in [4.69, 9.17) is 5.14 Å². The summed E-state index contributed by atoms with van der Waals surface area (Å²) in [6, 6.07) is 6.98. The lowest BCUT2D eigenvalue weighted by molar-refractivity contribution is 0.460. The lowest BCUT2D eigenvalue weighted by Crippen LogP contribution is -2.26. The summed E-state index contributed by atoms with van der Waals surface area (Å²) in [7, 11) is -3.58. The van der Waals surface area contributed by atoms with Gasteiger partial charge in [0.05, 0.1) is 4.90 Å². The molecule has 1 fully saturated rings. The first-order valence-electron chi connectivity index (χ1n) is 5.41. The first-order chi connectivity index (χ1) is 7.57. The summed E-state index contributed by atoms with van der Waals surface area (Å²) in [5.74, 6) is 0.447. The standard InChI is InChI=1S/C11H16N2O2S/c12-16(14,15)11-3-1-2-10(8-11)9-4-6-13-7-5-9/h1-3,8-9,13H,4-7H2,(H2,12,14,15). The van der Waals surface area contributed by atoms with E-state index in [9.17, 15) is 8.42 Å². The van der Waals surface area contributed by atoms with Crippen LogP contribution in [0.15, 0.2) is 29.2 Å². The van der Waals surface area contributed by atoms with Gasteiger partial charge < -0.3 is 5.32 Å². The maximum atomic E-state index is 11.2. The van der Waals surface area contributed by atoms with Crippen molar-refractivity contribution < 1.29 is 8.42 Å². The normalized spacial score (nSPS) is 18.6. The van der Waals surface area contributed by atoms with Crippen LogP contribution in [0.1, 0.15) is 24.3 Å². The van der Waals surface area contributed by atoms with Crippen molar-refractivity contribution in [1.29, 1.82) is 0 Å². The average molecular weight is 240 g/mol. The van der Waals surface area contributed by atoms with E-state index in [2.05, 4.69) is 5.32 Å². The molecule has 1 heterocycles. The molecule has 4 nitrogen and oxygen atoms in total. The highest BCUT2D eigenvalue weighted by atomic mass is 32.2. The van der Waals surface area contributed by atoms with Gasteiger partial charge in [-0.2, -0.15) is 0 Å². The molecule has 16 heavy (non-hydrogen) atoms. The molecule has 0 bridgehead atoms. The van der Waals surface area contributed by atoms with Crippen LogP contribution in [0, 0.1) is 0 Å². The molecule has 1 aromatic carbocycles. The van der Waals surface area contributed by atoms with Gasteiger partial charge in [0.25, 0.3) is 0 Å². The van der Waals surface area contributed by atoms with Crippen LogP contribution < -0.4 is 10.5 Å². The van der Waals surface area contributed by atoms with Crippen LogP contribution in [-0.4, -0.2) is 21.5 Å². The minimum Gasteiger partial charge on any atom is -0.317 e. The van der Waals surface area contributed by atoms with Gasteiger partial charge >= 0.3 is 0 Å². The van der Waals surface area contributed by atoms with Gasteiger partial charge in [-0.25, -0.2) is 13.6 Å². The summed E-state index contributed by atoms with van der Waals surface area (Å²) in [5, 5.41) is 8.40. The van der Waals surface area contributed by atoms with Crippen LogP contribution in [0.2, 0.25) is 0 Å². The Hall–Kier alpha value is -0.910. The number of sulfonamides is 1. The largest absolute Gasteiger partial charge is 0.317 e. The predicted octanol–water partition coefficient (Wildman–Crippen LogP) is 0.801. The van der Waals surface area contributed by atoms with Crippen molar-refractivity contribution in [3.05, 3.63) is 29.8 Å². The minimum absolute atomic E-state index is 0.212. The Kier molecular flexibility index (Phi) is 3.28. The third-order valence-electron chi connectivity index (χ3n) is 3.00. The molecule has 1 aliphatic heterocycles. The maximum Gasteiger partial charge on any atom is 0.238 e. The molecule has 5 heteroatoms. The molecule has 88 valence electrons. The Morgan fingerprint density at radius 2 is 1.94 bits per heavy atom. The number of benzene rings is 1. The number of hydrogen-bond acceptors (Lipinski definition) is 3. The molecular weight excluding hydrogens is 224 g/mol. The van der Waals surface area contributed by atoms with Crippen molar-refractivity contribution in [3.63, 3.8) is 0 Å². The molecule has 3 N–H and O–H groups in total. The van der Waals surface area contributed by atoms with Crippen LogP contribution in [0.25, 0.3) is 0 Å². The third-order valence-corrected chi connectivity index (χ3v) is 3.91. The van der Waals surface area contributed by atoms with Crippen LogP contribution in [0.4, 0.5) is 0 Å². The monoisotopic (exact) mass is 240 g/mol. The first-order valence-corrected chi connectivity index (χ1v) is 6.95. The van der Waals surface area contributed by atoms with Crippen molar-refractivity contribution in [2.24, 2.45) is 5.14 Å². The zero-order chi connectivity index (χ0) is 11.6. The third kappa shape index (κ3) is 2.61. The summed E-state index contributed by atoms with van der Waals surface area (Å²) in [6.07, 6.45) is 2.10. The highest BCUT2D eigenvalue weighted by molar-refractivity contribution is 7.89. The number of nitrogens with one attached hydrogen (secondary N) is 1. The van der Waals surface area contributed by atoms with Crippen LogP contribution in [0.3, 0.4) is 0 Å². The molecule has 0 saturated carbocycles. The van der Waals surface area contributed by atoms with Gasteiger partial charge in [-0.05, 0) is 49.5 Å². The second-order valence-corrected chi connectivity index (χ2v) is 5.70. The SMILES string of the molecule is NS(=O)(=O)c1cccc(C2CCNCC2)c1. The molecule has 1 saturated heterocycles. The van der Waals surface area contributed by atoms with Gasteiger partial charge in [-0.1, -0.05) is 12.1 Å². The Labute approximate surface area is 95.9 Å². The summed E-state index contributed by atoms with van der Waals surface area (Å²) >= 11 is 0. The Balaban J connectivity index is 2.28. The molecular formula is C11H16N2O2S. The van der Waals surface area contributed by atoms with Gasteiger partial charge in [0, 0.05) is 0 Å². The number of primary sulfonamides is 1. The molecule has 1 aliphatic rings. The fraction of sp³-hybridized carbons (Fsp3) is 0.455. The van der Waals surface area contributed by atoms with E-state index < -0.39 is 10.0 Å². The van der Waals surface area contributed by atoms with E-state index in [1.807, 2.05) is 6.07 Å². The van der Waals surface area contributed by atoms with Gasteiger partial charge in [0.2, 0.25) is 10.0 Å². The molecule has 0 aromatic heterocycles. The molecule has 0 spiro atoms. The van der Waals surface area contributed by atoms with Crippen molar-refractivity contribution in [3.8, 4) is 0 Å². The number of hydrogen-bond donors (Lipinski definition) is 2.